The molecule has 0 radical (unpaired) electrons. The topological polar surface area (TPSA) is 74.6 Å². The molecule has 28 heavy (non-hydrogen) atoms. The monoisotopic (exact) mass is 379 g/mol. The number of carbonyl (C=O) groups is 1. The third kappa shape index (κ3) is 3.64. The second kappa shape index (κ2) is 7.64. The predicted molar refractivity (Wildman–Crippen MR) is 103 cm³/mol. The minimum Gasteiger partial charge on any atom is -0.497 e. The molecule has 1 aromatic heterocycles. The van der Waals surface area contributed by atoms with Crippen LogP contribution in [0.1, 0.15) is 29.0 Å². The van der Waals surface area contributed by atoms with E-state index in [1.807, 2.05) is 49.4 Å². The van der Waals surface area contributed by atoms with Gasteiger partial charge in [0.05, 0.1) is 18.8 Å². The number of amides is 1. The number of methoxy groups -OCH3 is 1. The normalized spacial score (nSPS) is 13.6. The molecule has 7 heteroatoms. The Bertz CT molecular complexity index is 982. The van der Waals surface area contributed by atoms with E-state index < -0.39 is 0 Å². The van der Waals surface area contributed by atoms with Crippen LogP contribution in [-0.4, -0.2) is 36.0 Å². The van der Waals surface area contributed by atoms with Crippen LogP contribution in [0.2, 0.25) is 0 Å². The van der Waals surface area contributed by atoms with Crippen molar-refractivity contribution in [3.05, 3.63) is 66.0 Å². The summed E-state index contributed by atoms with van der Waals surface area (Å²) in [5, 5.41) is 7.34. The molecule has 0 spiro atoms. The van der Waals surface area contributed by atoms with E-state index in [1.54, 1.807) is 24.1 Å². The summed E-state index contributed by atoms with van der Waals surface area (Å²) in [6.45, 7) is 3.00. The van der Waals surface area contributed by atoms with Gasteiger partial charge in [0.25, 0.3) is 5.91 Å². The number of hydrogen-bond acceptors (Lipinski definition) is 5. The molecule has 0 saturated heterocycles. The largest absolute Gasteiger partial charge is 0.497 e. The second-order valence-corrected chi connectivity index (χ2v) is 6.44. The van der Waals surface area contributed by atoms with E-state index in [9.17, 15) is 4.79 Å². The van der Waals surface area contributed by atoms with Gasteiger partial charge in [-0.25, -0.2) is 4.68 Å². The Labute approximate surface area is 162 Å². The van der Waals surface area contributed by atoms with Crippen molar-refractivity contribution < 1.29 is 19.0 Å². The average Bonchev–Trinajstić information content (AvgIpc) is 3.24. The van der Waals surface area contributed by atoms with Crippen LogP contribution < -0.4 is 19.5 Å². The first-order valence-electron chi connectivity index (χ1n) is 9.04. The molecule has 1 unspecified atom stereocenters. The fraction of sp³-hybridized carbons (Fsp3) is 0.238. The summed E-state index contributed by atoms with van der Waals surface area (Å²) in [6.07, 6.45) is 1.76. The van der Waals surface area contributed by atoms with Crippen LogP contribution >= 0.6 is 0 Å². The molecule has 7 nitrogen and oxygen atoms in total. The van der Waals surface area contributed by atoms with Crippen molar-refractivity contribution in [3.8, 4) is 22.9 Å². The molecule has 1 aliphatic heterocycles. The number of fused-ring (bicyclic) bond motifs is 1. The standard InChI is InChI=1S/C21H21N3O4/c1-14(15-3-8-19-20(13-15)28-12-11-27-19)22-21(25)18-9-10-24(23-18)16-4-6-17(26-2)7-5-16/h3-10,13-14H,11-12H2,1-2H3,(H,22,25). The first kappa shape index (κ1) is 17.9. The highest BCUT2D eigenvalue weighted by molar-refractivity contribution is 5.92. The molecular formula is C21H21N3O4. The van der Waals surface area contributed by atoms with Gasteiger partial charge < -0.3 is 19.5 Å². The Hall–Kier alpha value is -3.48. The molecule has 0 fully saturated rings. The van der Waals surface area contributed by atoms with Crippen LogP contribution in [0.5, 0.6) is 17.2 Å². The lowest BCUT2D eigenvalue weighted by Gasteiger charge is -2.21. The zero-order valence-corrected chi connectivity index (χ0v) is 15.7. The second-order valence-electron chi connectivity index (χ2n) is 6.44. The summed E-state index contributed by atoms with van der Waals surface area (Å²) in [7, 11) is 1.62. The first-order valence-corrected chi connectivity index (χ1v) is 9.04. The van der Waals surface area contributed by atoms with Gasteiger partial charge in [-0.2, -0.15) is 5.10 Å². The number of nitrogens with zero attached hydrogens (tertiary/aromatic N) is 2. The molecule has 3 aromatic rings. The fourth-order valence-corrected chi connectivity index (χ4v) is 3.01. The van der Waals surface area contributed by atoms with Gasteiger partial charge in [0, 0.05) is 6.20 Å². The van der Waals surface area contributed by atoms with Gasteiger partial charge in [-0.15, -0.1) is 0 Å². The molecule has 1 aliphatic rings. The summed E-state index contributed by atoms with van der Waals surface area (Å²) in [6, 6.07) is 14.6. The lowest BCUT2D eigenvalue weighted by Crippen LogP contribution is -2.27. The number of carbonyl (C=O) groups excluding carboxylic acids is 1. The Morgan fingerprint density at radius 3 is 2.61 bits per heavy atom. The minimum absolute atomic E-state index is 0.200. The zero-order valence-electron chi connectivity index (χ0n) is 15.7. The number of hydrogen-bond donors (Lipinski definition) is 1. The third-order valence-corrected chi connectivity index (χ3v) is 4.57. The highest BCUT2D eigenvalue weighted by Gasteiger charge is 2.17. The molecule has 1 atom stereocenters. The van der Waals surface area contributed by atoms with Crippen molar-refractivity contribution in [1.82, 2.24) is 15.1 Å². The maximum absolute atomic E-state index is 12.6. The van der Waals surface area contributed by atoms with E-state index in [0.717, 1.165) is 22.7 Å². The van der Waals surface area contributed by atoms with E-state index in [1.165, 1.54) is 0 Å². The van der Waals surface area contributed by atoms with Gasteiger partial charge in [-0.1, -0.05) is 6.07 Å². The molecule has 144 valence electrons. The lowest BCUT2D eigenvalue weighted by molar-refractivity contribution is 0.0934. The number of aromatic nitrogens is 2. The van der Waals surface area contributed by atoms with E-state index in [-0.39, 0.29) is 11.9 Å². The molecule has 0 bridgehead atoms. The minimum atomic E-state index is -0.241. The molecule has 2 aromatic carbocycles. The van der Waals surface area contributed by atoms with Gasteiger partial charge in [-0.05, 0) is 55.0 Å². The SMILES string of the molecule is COc1ccc(-n2ccc(C(=O)NC(C)c3ccc4c(c3)OCCO4)n2)cc1. The Morgan fingerprint density at radius 1 is 1.11 bits per heavy atom. The summed E-state index contributed by atoms with van der Waals surface area (Å²) >= 11 is 0. The van der Waals surface area contributed by atoms with Crippen molar-refractivity contribution in [2.75, 3.05) is 20.3 Å². The first-order chi connectivity index (χ1) is 13.6. The smallest absolute Gasteiger partial charge is 0.272 e. The Kier molecular flexibility index (Phi) is 4.89. The fourth-order valence-electron chi connectivity index (χ4n) is 3.01. The van der Waals surface area contributed by atoms with Crippen molar-refractivity contribution in [3.63, 3.8) is 0 Å². The van der Waals surface area contributed by atoms with Crippen LogP contribution in [0.25, 0.3) is 5.69 Å². The quantitative estimate of drug-likeness (QED) is 0.737. The summed E-state index contributed by atoms with van der Waals surface area (Å²) < 4.78 is 18.0. The molecule has 1 N–H and O–H groups in total. The maximum Gasteiger partial charge on any atom is 0.272 e. The Balaban J connectivity index is 1.45. The van der Waals surface area contributed by atoms with Gasteiger partial charge >= 0.3 is 0 Å². The van der Waals surface area contributed by atoms with Crippen LogP contribution in [0.15, 0.2) is 54.7 Å². The van der Waals surface area contributed by atoms with Gasteiger partial charge in [0.15, 0.2) is 17.2 Å². The molecule has 2 heterocycles. The van der Waals surface area contributed by atoms with Crippen molar-refractivity contribution in [2.24, 2.45) is 0 Å². The van der Waals surface area contributed by atoms with Crippen LogP contribution in [0.4, 0.5) is 0 Å². The van der Waals surface area contributed by atoms with Gasteiger partial charge in [0.1, 0.15) is 19.0 Å². The summed E-state index contributed by atoms with van der Waals surface area (Å²) in [4.78, 5) is 12.6. The van der Waals surface area contributed by atoms with Crippen molar-refractivity contribution in [2.45, 2.75) is 13.0 Å². The molecular weight excluding hydrogens is 358 g/mol. The Morgan fingerprint density at radius 2 is 1.86 bits per heavy atom. The van der Waals surface area contributed by atoms with E-state index in [0.29, 0.717) is 24.7 Å². The van der Waals surface area contributed by atoms with Gasteiger partial charge in [-0.3, -0.25) is 4.79 Å². The van der Waals surface area contributed by atoms with E-state index >= 15 is 0 Å². The number of ether oxygens (including phenoxy) is 3. The number of nitrogens with one attached hydrogen (secondary N) is 1. The number of rotatable bonds is 5. The van der Waals surface area contributed by atoms with Crippen LogP contribution in [0.3, 0.4) is 0 Å². The highest BCUT2D eigenvalue weighted by atomic mass is 16.6. The van der Waals surface area contributed by atoms with Crippen molar-refractivity contribution in [1.29, 1.82) is 0 Å². The zero-order chi connectivity index (χ0) is 19.5. The molecule has 0 aliphatic carbocycles. The van der Waals surface area contributed by atoms with Crippen LogP contribution in [0, 0.1) is 0 Å². The lowest BCUT2D eigenvalue weighted by atomic mass is 10.1. The van der Waals surface area contributed by atoms with Crippen molar-refractivity contribution >= 4 is 5.91 Å². The summed E-state index contributed by atoms with van der Waals surface area (Å²) in [5.41, 5.74) is 2.13. The molecule has 1 amide bonds. The van der Waals surface area contributed by atoms with Gasteiger partial charge in [0.2, 0.25) is 0 Å². The molecule has 4 rings (SSSR count). The third-order valence-electron chi connectivity index (χ3n) is 4.57. The maximum atomic E-state index is 12.6. The molecule has 0 saturated carbocycles. The summed E-state index contributed by atoms with van der Waals surface area (Å²) in [5.74, 6) is 1.96. The van der Waals surface area contributed by atoms with E-state index in [2.05, 4.69) is 10.4 Å². The number of benzene rings is 2. The van der Waals surface area contributed by atoms with Crippen LogP contribution in [-0.2, 0) is 0 Å². The van der Waals surface area contributed by atoms with E-state index in [4.69, 9.17) is 14.2 Å². The average molecular weight is 379 g/mol. The highest BCUT2D eigenvalue weighted by Crippen LogP contribution is 2.32. The predicted octanol–water partition coefficient (Wildman–Crippen LogP) is 3.14.